The van der Waals surface area contributed by atoms with E-state index in [1.807, 2.05) is 53.9 Å². The van der Waals surface area contributed by atoms with Gasteiger partial charge >= 0.3 is 0 Å². The van der Waals surface area contributed by atoms with Crippen LogP contribution in [0.25, 0.3) is 21.5 Å². The van der Waals surface area contributed by atoms with Crippen LogP contribution in [0.15, 0.2) is 58.4 Å². The molecule has 2 aromatic heterocycles. The number of rotatable bonds is 7. The lowest BCUT2D eigenvalue weighted by atomic mass is 10.1. The van der Waals surface area contributed by atoms with Crippen LogP contribution in [0.2, 0.25) is 0 Å². The van der Waals surface area contributed by atoms with Crippen molar-refractivity contribution in [2.45, 2.75) is 19.4 Å². The van der Waals surface area contributed by atoms with E-state index < -0.39 is 0 Å². The van der Waals surface area contributed by atoms with Crippen LogP contribution in [0.4, 0.5) is 5.69 Å². The molecule has 0 spiro atoms. The van der Waals surface area contributed by atoms with Crippen molar-refractivity contribution in [3.63, 3.8) is 0 Å². The molecule has 1 aliphatic heterocycles. The minimum atomic E-state index is -0.0294. The Hall–Kier alpha value is -3.52. The Bertz CT molecular complexity index is 1260. The van der Waals surface area contributed by atoms with Crippen molar-refractivity contribution in [3.05, 3.63) is 65.4 Å². The third kappa shape index (κ3) is 3.59. The van der Waals surface area contributed by atoms with E-state index in [1.54, 1.807) is 16.8 Å². The van der Waals surface area contributed by atoms with E-state index in [0.29, 0.717) is 31.1 Å². The second-order valence-corrected chi connectivity index (χ2v) is 8.43. The number of carbonyl (C=O) groups excluding carboxylic acids is 2. The molecule has 0 unspecified atom stereocenters. The van der Waals surface area contributed by atoms with Gasteiger partial charge in [0, 0.05) is 31.0 Å². The maximum atomic E-state index is 12.8. The molecule has 2 aromatic carbocycles. The summed E-state index contributed by atoms with van der Waals surface area (Å²) in [6.45, 7) is 0.750. The summed E-state index contributed by atoms with van der Waals surface area (Å²) in [6, 6.07) is 15.6. The minimum Gasteiger partial charge on any atom is -0.337 e. The van der Waals surface area contributed by atoms with Crippen molar-refractivity contribution >= 4 is 39.6 Å². The summed E-state index contributed by atoms with van der Waals surface area (Å²) in [6.07, 6.45) is 0.905. The fourth-order valence-corrected chi connectivity index (χ4v) is 4.55. The molecule has 0 N–H and O–H groups in total. The SMILES string of the molecule is CN(Cc1nc(-c2cccs2)no1)C(=O)CCCN1C(=O)c2cccc3cccc1c23. The number of carbonyl (C=O) groups is 2. The summed E-state index contributed by atoms with van der Waals surface area (Å²) in [5.74, 6) is 0.904. The number of hydrogen-bond acceptors (Lipinski definition) is 6. The van der Waals surface area contributed by atoms with Crippen LogP contribution in [0.5, 0.6) is 0 Å². The quantitative estimate of drug-likeness (QED) is 0.434. The van der Waals surface area contributed by atoms with Crippen LogP contribution >= 0.6 is 11.3 Å². The smallest absolute Gasteiger partial charge is 0.258 e. The standard InChI is InChI=1S/C23H20N4O3S/c1-26(14-19-24-22(25-30-19)18-10-5-13-31-18)20(28)11-4-12-27-17-9-3-7-15-6-2-8-16(21(15)17)23(27)29/h2-3,5-10,13H,4,11-12,14H2,1H3. The van der Waals surface area contributed by atoms with Crippen molar-refractivity contribution in [2.75, 3.05) is 18.5 Å². The Morgan fingerprint density at radius 3 is 2.81 bits per heavy atom. The van der Waals surface area contributed by atoms with Gasteiger partial charge < -0.3 is 14.3 Å². The summed E-state index contributed by atoms with van der Waals surface area (Å²) in [5, 5.41) is 7.98. The molecular weight excluding hydrogens is 412 g/mol. The molecule has 0 saturated heterocycles. The lowest BCUT2D eigenvalue weighted by Crippen LogP contribution is -2.30. The van der Waals surface area contributed by atoms with Crippen LogP contribution in [0, 0.1) is 0 Å². The molecule has 5 rings (SSSR count). The van der Waals surface area contributed by atoms with Gasteiger partial charge in [0.15, 0.2) is 0 Å². The fraction of sp³-hybridized carbons (Fsp3) is 0.217. The first kappa shape index (κ1) is 19.4. The van der Waals surface area contributed by atoms with E-state index in [4.69, 9.17) is 4.52 Å². The molecule has 0 fully saturated rings. The van der Waals surface area contributed by atoms with E-state index in [2.05, 4.69) is 10.1 Å². The molecule has 0 aliphatic carbocycles. The molecule has 1 aliphatic rings. The molecule has 0 radical (unpaired) electrons. The van der Waals surface area contributed by atoms with Gasteiger partial charge in [0.2, 0.25) is 17.6 Å². The molecule has 4 aromatic rings. The predicted octanol–water partition coefficient (Wildman–Crippen LogP) is 4.35. The number of hydrogen-bond donors (Lipinski definition) is 0. The largest absolute Gasteiger partial charge is 0.337 e. The van der Waals surface area contributed by atoms with Crippen LogP contribution in [0.1, 0.15) is 29.1 Å². The third-order valence-electron chi connectivity index (χ3n) is 5.43. The van der Waals surface area contributed by atoms with E-state index in [9.17, 15) is 9.59 Å². The van der Waals surface area contributed by atoms with Gasteiger partial charge in [-0.05, 0) is 35.4 Å². The highest BCUT2D eigenvalue weighted by atomic mass is 32.1. The molecule has 156 valence electrons. The molecule has 0 atom stereocenters. The molecular formula is C23H20N4O3S. The van der Waals surface area contributed by atoms with Crippen molar-refractivity contribution in [2.24, 2.45) is 0 Å². The normalized spacial score (nSPS) is 12.7. The Kier molecular flexibility index (Phi) is 4.99. The maximum absolute atomic E-state index is 12.8. The lowest BCUT2D eigenvalue weighted by molar-refractivity contribution is -0.130. The highest BCUT2D eigenvalue weighted by Gasteiger charge is 2.29. The summed E-state index contributed by atoms with van der Waals surface area (Å²) >= 11 is 1.53. The number of anilines is 1. The first-order chi connectivity index (χ1) is 15.1. The van der Waals surface area contributed by atoms with Gasteiger partial charge in [0.1, 0.15) is 0 Å². The zero-order valence-electron chi connectivity index (χ0n) is 16.9. The molecule has 0 saturated carbocycles. The Morgan fingerprint density at radius 2 is 2.00 bits per heavy atom. The summed E-state index contributed by atoms with van der Waals surface area (Å²) < 4.78 is 5.28. The fourth-order valence-electron chi connectivity index (χ4n) is 3.90. The lowest BCUT2D eigenvalue weighted by Gasteiger charge is -2.19. The van der Waals surface area contributed by atoms with Gasteiger partial charge in [-0.1, -0.05) is 35.5 Å². The summed E-state index contributed by atoms with van der Waals surface area (Å²) in [5.41, 5.74) is 1.65. The number of nitrogens with zero attached hydrogens (tertiary/aromatic N) is 4. The Labute approximate surface area is 182 Å². The first-order valence-corrected chi connectivity index (χ1v) is 10.9. The number of aromatic nitrogens is 2. The van der Waals surface area contributed by atoms with Crippen LogP contribution in [-0.2, 0) is 11.3 Å². The Balaban J connectivity index is 1.18. The zero-order valence-corrected chi connectivity index (χ0v) is 17.8. The van der Waals surface area contributed by atoms with Gasteiger partial charge in [0.05, 0.1) is 17.1 Å². The second kappa shape index (κ2) is 7.96. The van der Waals surface area contributed by atoms with Gasteiger partial charge in [-0.2, -0.15) is 4.98 Å². The summed E-state index contributed by atoms with van der Waals surface area (Å²) in [7, 11) is 1.72. The monoisotopic (exact) mass is 432 g/mol. The van der Waals surface area contributed by atoms with E-state index in [0.717, 1.165) is 26.9 Å². The van der Waals surface area contributed by atoms with Crippen LogP contribution < -0.4 is 4.90 Å². The number of thiophene rings is 1. The minimum absolute atomic E-state index is 0.000398. The average Bonchev–Trinajstić information content (AvgIpc) is 3.51. The molecule has 31 heavy (non-hydrogen) atoms. The van der Waals surface area contributed by atoms with Gasteiger partial charge in [-0.15, -0.1) is 11.3 Å². The van der Waals surface area contributed by atoms with Gasteiger partial charge in [-0.25, -0.2) is 0 Å². The highest BCUT2D eigenvalue weighted by Crippen LogP contribution is 2.37. The average molecular weight is 433 g/mol. The predicted molar refractivity (Wildman–Crippen MR) is 119 cm³/mol. The maximum Gasteiger partial charge on any atom is 0.258 e. The molecule has 2 amide bonds. The van der Waals surface area contributed by atoms with Crippen molar-refractivity contribution in [3.8, 4) is 10.7 Å². The highest BCUT2D eigenvalue weighted by molar-refractivity contribution is 7.13. The topological polar surface area (TPSA) is 79.5 Å². The third-order valence-corrected chi connectivity index (χ3v) is 6.30. The Morgan fingerprint density at radius 1 is 1.16 bits per heavy atom. The molecule has 7 nitrogen and oxygen atoms in total. The zero-order chi connectivity index (χ0) is 21.4. The molecule has 0 bridgehead atoms. The van der Waals surface area contributed by atoms with Crippen molar-refractivity contribution in [1.29, 1.82) is 0 Å². The van der Waals surface area contributed by atoms with Crippen molar-refractivity contribution in [1.82, 2.24) is 15.0 Å². The van der Waals surface area contributed by atoms with Gasteiger partial charge in [-0.3, -0.25) is 9.59 Å². The second-order valence-electron chi connectivity index (χ2n) is 7.48. The van der Waals surface area contributed by atoms with Crippen molar-refractivity contribution < 1.29 is 14.1 Å². The van der Waals surface area contributed by atoms with E-state index >= 15 is 0 Å². The first-order valence-electron chi connectivity index (χ1n) is 10.1. The van der Waals surface area contributed by atoms with E-state index in [1.165, 1.54) is 11.3 Å². The van der Waals surface area contributed by atoms with E-state index in [-0.39, 0.29) is 18.4 Å². The van der Waals surface area contributed by atoms with Crippen LogP contribution in [-0.4, -0.2) is 40.4 Å². The molecule has 3 heterocycles. The number of benzene rings is 2. The number of amides is 2. The van der Waals surface area contributed by atoms with Gasteiger partial charge in [0.25, 0.3) is 5.91 Å². The summed E-state index contributed by atoms with van der Waals surface area (Å²) in [4.78, 5) is 34.0. The molecule has 8 heteroatoms. The van der Waals surface area contributed by atoms with Crippen LogP contribution in [0.3, 0.4) is 0 Å².